The predicted octanol–water partition coefficient (Wildman–Crippen LogP) is 8.82. The van der Waals surface area contributed by atoms with Crippen molar-refractivity contribution in [1.29, 1.82) is 0 Å². The van der Waals surface area contributed by atoms with Crippen LogP contribution in [0.4, 0.5) is 0 Å². The summed E-state index contributed by atoms with van der Waals surface area (Å²) in [4.78, 5) is 5.17. The number of aromatic nitrogens is 1. The Morgan fingerprint density at radius 1 is 0.606 bits per heavy atom. The fraction of sp³-hybridized carbons (Fsp3) is 0.156. The van der Waals surface area contributed by atoms with Gasteiger partial charge in [0, 0.05) is 10.9 Å². The van der Waals surface area contributed by atoms with E-state index in [2.05, 4.69) is 119 Å². The first-order valence-electron chi connectivity index (χ1n) is 11.7. The quantitative estimate of drug-likeness (QED) is 0.270. The van der Waals surface area contributed by atoms with Crippen LogP contribution in [-0.4, -0.2) is 4.98 Å². The Balaban J connectivity index is 1.51. The SMILES string of the molecule is Cc1c(-c2cccc(-c3ccc(C(C)(C)C)cc3)c2)nc2cccc3c2c1-c1ccccc1-3. The summed E-state index contributed by atoms with van der Waals surface area (Å²) in [6.45, 7) is 8.99. The summed E-state index contributed by atoms with van der Waals surface area (Å²) >= 11 is 0. The highest BCUT2D eigenvalue weighted by atomic mass is 14.7. The largest absolute Gasteiger partial charge is 0.247 e. The van der Waals surface area contributed by atoms with Gasteiger partial charge in [-0.2, -0.15) is 0 Å². The van der Waals surface area contributed by atoms with Crippen molar-refractivity contribution in [2.75, 3.05) is 0 Å². The Labute approximate surface area is 195 Å². The zero-order valence-corrected chi connectivity index (χ0v) is 19.6. The Morgan fingerprint density at radius 2 is 1.27 bits per heavy atom. The van der Waals surface area contributed by atoms with Gasteiger partial charge in [0.05, 0.1) is 11.2 Å². The molecule has 0 fully saturated rings. The molecular formula is C32H27N. The lowest BCUT2D eigenvalue weighted by atomic mass is 9.86. The monoisotopic (exact) mass is 425 g/mol. The first-order chi connectivity index (χ1) is 15.9. The maximum atomic E-state index is 5.17. The molecule has 33 heavy (non-hydrogen) atoms. The Kier molecular flexibility index (Phi) is 4.32. The van der Waals surface area contributed by atoms with E-state index < -0.39 is 0 Å². The van der Waals surface area contributed by atoms with Crippen LogP contribution in [-0.2, 0) is 5.41 Å². The molecule has 1 heteroatoms. The molecule has 160 valence electrons. The summed E-state index contributed by atoms with van der Waals surface area (Å²) in [6.07, 6.45) is 0. The zero-order valence-electron chi connectivity index (χ0n) is 19.6. The van der Waals surface area contributed by atoms with Gasteiger partial charge in [0.15, 0.2) is 0 Å². The summed E-state index contributed by atoms with van der Waals surface area (Å²) in [7, 11) is 0. The van der Waals surface area contributed by atoms with E-state index in [1.54, 1.807) is 0 Å². The van der Waals surface area contributed by atoms with E-state index in [0.29, 0.717) is 0 Å². The average Bonchev–Trinajstić information content (AvgIpc) is 3.17. The standard InChI is InChI=1S/C32H27N/c1-20-29-26-12-6-5-11-25(26)27-13-8-14-28(30(27)29)33-31(20)23-10-7-9-22(19-23)21-15-17-24(18-16-21)32(2,3)4/h5-19H,1-4H3. The van der Waals surface area contributed by atoms with E-state index in [-0.39, 0.29) is 5.41 Å². The van der Waals surface area contributed by atoms with E-state index in [4.69, 9.17) is 4.98 Å². The molecule has 4 aromatic carbocycles. The zero-order chi connectivity index (χ0) is 22.7. The van der Waals surface area contributed by atoms with Gasteiger partial charge in [0.2, 0.25) is 0 Å². The van der Waals surface area contributed by atoms with Crippen molar-refractivity contribution in [3.63, 3.8) is 0 Å². The number of hydrogen-bond donors (Lipinski definition) is 0. The summed E-state index contributed by atoms with van der Waals surface area (Å²) in [5, 5.41) is 1.29. The van der Waals surface area contributed by atoms with Crippen LogP contribution in [0.1, 0.15) is 31.9 Å². The highest BCUT2D eigenvalue weighted by Crippen LogP contribution is 2.49. The van der Waals surface area contributed by atoms with Gasteiger partial charge in [-0.05, 0) is 69.0 Å². The van der Waals surface area contributed by atoms with Crippen molar-refractivity contribution in [2.24, 2.45) is 0 Å². The number of hydrogen-bond acceptors (Lipinski definition) is 1. The van der Waals surface area contributed by atoms with E-state index >= 15 is 0 Å². The van der Waals surface area contributed by atoms with Crippen molar-refractivity contribution in [3.8, 4) is 44.6 Å². The number of benzene rings is 4. The molecule has 1 aliphatic carbocycles. The van der Waals surface area contributed by atoms with Crippen LogP contribution in [0.25, 0.3) is 55.5 Å². The van der Waals surface area contributed by atoms with Gasteiger partial charge in [0.25, 0.3) is 0 Å². The molecule has 5 aromatic rings. The van der Waals surface area contributed by atoms with Gasteiger partial charge in [-0.25, -0.2) is 4.98 Å². The van der Waals surface area contributed by atoms with E-state index in [9.17, 15) is 0 Å². The van der Waals surface area contributed by atoms with Crippen molar-refractivity contribution in [2.45, 2.75) is 33.1 Å². The second-order valence-electron chi connectivity index (χ2n) is 10.1. The second-order valence-corrected chi connectivity index (χ2v) is 10.1. The van der Waals surface area contributed by atoms with Crippen LogP contribution in [0.3, 0.4) is 0 Å². The molecule has 6 rings (SSSR count). The topological polar surface area (TPSA) is 12.9 Å². The third-order valence-electron chi connectivity index (χ3n) is 6.96. The highest BCUT2D eigenvalue weighted by Gasteiger charge is 2.25. The van der Waals surface area contributed by atoms with Crippen molar-refractivity contribution in [3.05, 3.63) is 102 Å². The lowest BCUT2D eigenvalue weighted by Crippen LogP contribution is -2.10. The molecule has 1 nitrogen and oxygen atoms in total. The van der Waals surface area contributed by atoms with E-state index in [1.807, 2.05) is 0 Å². The smallest absolute Gasteiger partial charge is 0.0745 e. The summed E-state index contributed by atoms with van der Waals surface area (Å²) < 4.78 is 0. The number of nitrogens with zero attached hydrogens (tertiary/aromatic N) is 1. The van der Waals surface area contributed by atoms with Gasteiger partial charge >= 0.3 is 0 Å². The number of pyridine rings is 1. The Bertz CT molecular complexity index is 1530. The first kappa shape index (κ1) is 19.9. The molecular weight excluding hydrogens is 398 g/mol. The number of fused-ring (bicyclic) bond motifs is 3. The van der Waals surface area contributed by atoms with Gasteiger partial charge in [-0.3, -0.25) is 0 Å². The molecule has 0 saturated heterocycles. The number of rotatable bonds is 2. The van der Waals surface area contributed by atoms with Crippen molar-refractivity contribution >= 4 is 10.9 Å². The van der Waals surface area contributed by atoms with Crippen LogP contribution < -0.4 is 0 Å². The molecule has 1 aliphatic rings. The van der Waals surface area contributed by atoms with Crippen LogP contribution >= 0.6 is 0 Å². The van der Waals surface area contributed by atoms with Crippen LogP contribution in [0.5, 0.6) is 0 Å². The lowest BCUT2D eigenvalue weighted by Gasteiger charge is -2.19. The fourth-order valence-corrected chi connectivity index (χ4v) is 5.19. The molecule has 0 atom stereocenters. The van der Waals surface area contributed by atoms with Crippen LogP contribution in [0.15, 0.2) is 91.0 Å². The summed E-state index contributed by atoms with van der Waals surface area (Å²) in [6, 6.07) is 33.0. The van der Waals surface area contributed by atoms with Gasteiger partial charge < -0.3 is 0 Å². The molecule has 0 unspecified atom stereocenters. The van der Waals surface area contributed by atoms with Crippen LogP contribution in [0.2, 0.25) is 0 Å². The summed E-state index contributed by atoms with van der Waals surface area (Å²) in [5.74, 6) is 0. The minimum Gasteiger partial charge on any atom is -0.247 e. The molecule has 0 bridgehead atoms. The molecule has 1 aromatic heterocycles. The highest BCUT2D eigenvalue weighted by molar-refractivity contribution is 6.16. The maximum Gasteiger partial charge on any atom is 0.0745 e. The minimum atomic E-state index is 0.157. The molecule has 1 heterocycles. The normalized spacial score (nSPS) is 12.2. The molecule has 0 spiro atoms. The first-order valence-corrected chi connectivity index (χ1v) is 11.7. The molecule has 0 amide bonds. The predicted molar refractivity (Wildman–Crippen MR) is 140 cm³/mol. The fourth-order valence-electron chi connectivity index (χ4n) is 5.19. The Hall–Kier alpha value is -3.71. The molecule has 0 saturated carbocycles. The van der Waals surface area contributed by atoms with E-state index in [0.717, 1.165) is 16.8 Å². The third kappa shape index (κ3) is 3.11. The minimum absolute atomic E-state index is 0.157. The van der Waals surface area contributed by atoms with Crippen LogP contribution in [0, 0.1) is 6.92 Å². The van der Waals surface area contributed by atoms with E-state index in [1.165, 1.54) is 49.9 Å². The van der Waals surface area contributed by atoms with Crippen molar-refractivity contribution < 1.29 is 0 Å². The lowest BCUT2D eigenvalue weighted by molar-refractivity contribution is 0.590. The molecule has 0 N–H and O–H groups in total. The molecule has 0 aliphatic heterocycles. The summed E-state index contributed by atoms with van der Waals surface area (Å²) in [5.41, 5.74) is 13.8. The molecule has 0 radical (unpaired) electrons. The Morgan fingerprint density at radius 3 is 2.03 bits per heavy atom. The average molecular weight is 426 g/mol. The van der Waals surface area contributed by atoms with Gasteiger partial charge in [0.1, 0.15) is 0 Å². The van der Waals surface area contributed by atoms with Gasteiger partial charge in [-0.1, -0.05) is 99.6 Å². The maximum absolute atomic E-state index is 5.17. The van der Waals surface area contributed by atoms with Gasteiger partial charge in [-0.15, -0.1) is 0 Å². The third-order valence-corrected chi connectivity index (χ3v) is 6.96. The van der Waals surface area contributed by atoms with Crippen molar-refractivity contribution in [1.82, 2.24) is 4.98 Å². The second kappa shape index (κ2) is 7.15.